The molecule has 1 aromatic heterocycles. The van der Waals surface area contributed by atoms with Crippen molar-refractivity contribution in [1.82, 2.24) is 4.57 Å². The number of amides is 1. The first-order chi connectivity index (χ1) is 10.8. The van der Waals surface area contributed by atoms with Crippen molar-refractivity contribution in [1.29, 1.82) is 0 Å². The van der Waals surface area contributed by atoms with Crippen molar-refractivity contribution >= 4 is 11.6 Å². The van der Waals surface area contributed by atoms with E-state index in [0.717, 1.165) is 18.3 Å². The number of nitrogens with zero attached hydrogens (tertiary/aromatic N) is 1. The third-order valence-corrected chi connectivity index (χ3v) is 3.19. The first kappa shape index (κ1) is 15.1. The molecule has 9 heteroatoms. The molecule has 1 aliphatic heterocycles. The molecule has 3 rings (SSSR count). The molecule has 1 N–H and O–H groups in total. The molecule has 0 bridgehead atoms. The summed E-state index contributed by atoms with van der Waals surface area (Å²) in [5, 5.41) is 2.43. The Bertz CT molecular complexity index is 858. The highest BCUT2D eigenvalue weighted by Crippen LogP contribution is 2.32. The van der Waals surface area contributed by atoms with E-state index in [-0.39, 0.29) is 23.7 Å². The summed E-state index contributed by atoms with van der Waals surface area (Å²) in [5.74, 6) is -1.26. The van der Waals surface area contributed by atoms with Gasteiger partial charge in [0.25, 0.3) is 11.5 Å². The lowest BCUT2D eigenvalue weighted by Gasteiger charge is -2.19. The van der Waals surface area contributed by atoms with Crippen LogP contribution in [0.4, 0.5) is 23.2 Å². The van der Waals surface area contributed by atoms with Crippen molar-refractivity contribution in [3.8, 4) is 11.4 Å². The van der Waals surface area contributed by atoms with Crippen molar-refractivity contribution in [2.24, 2.45) is 0 Å². The highest BCUT2D eigenvalue weighted by atomic mass is 19.4. The van der Waals surface area contributed by atoms with Gasteiger partial charge in [-0.15, -0.1) is 0 Å². The fourth-order valence-corrected chi connectivity index (χ4v) is 2.13. The maximum Gasteiger partial charge on any atom is 0.416 e. The molecule has 2 aromatic rings. The topological polar surface area (TPSA) is 60.3 Å². The van der Waals surface area contributed by atoms with Gasteiger partial charge in [0.15, 0.2) is 12.4 Å². The molecular weight excluding hydrogens is 320 g/mol. The number of nitrogens with one attached hydrogen (secondary N) is 1. The second-order valence-electron chi connectivity index (χ2n) is 4.76. The minimum Gasteiger partial charge on any atom is -0.481 e. The fourth-order valence-electron chi connectivity index (χ4n) is 2.13. The van der Waals surface area contributed by atoms with Gasteiger partial charge in [0, 0.05) is 18.3 Å². The van der Waals surface area contributed by atoms with Gasteiger partial charge in [0.2, 0.25) is 0 Å². The summed E-state index contributed by atoms with van der Waals surface area (Å²) in [6.07, 6.45) is -3.85. The number of fused-ring (bicyclic) bond motifs is 1. The van der Waals surface area contributed by atoms with Gasteiger partial charge in [-0.05, 0) is 12.1 Å². The Morgan fingerprint density at radius 3 is 2.57 bits per heavy atom. The highest BCUT2D eigenvalue weighted by Gasteiger charge is 2.31. The largest absolute Gasteiger partial charge is 0.481 e. The Morgan fingerprint density at radius 1 is 1.17 bits per heavy atom. The van der Waals surface area contributed by atoms with Crippen LogP contribution in [-0.4, -0.2) is 17.1 Å². The van der Waals surface area contributed by atoms with Crippen molar-refractivity contribution < 1.29 is 27.1 Å². The number of alkyl halides is 3. The van der Waals surface area contributed by atoms with Crippen molar-refractivity contribution in [2.45, 2.75) is 6.18 Å². The Hall–Kier alpha value is -2.84. The quantitative estimate of drug-likeness (QED) is 0.818. The van der Waals surface area contributed by atoms with Crippen LogP contribution in [0.15, 0.2) is 35.3 Å². The number of ether oxygens (including phenoxy) is 1. The third kappa shape index (κ3) is 2.77. The molecule has 1 amide bonds. The smallest absolute Gasteiger partial charge is 0.416 e. The summed E-state index contributed by atoms with van der Waals surface area (Å²) >= 11 is 0. The van der Waals surface area contributed by atoms with E-state index in [4.69, 9.17) is 4.74 Å². The molecule has 0 unspecified atom stereocenters. The van der Waals surface area contributed by atoms with E-state index < -0.39 is 29.0 Å². The van der Waals surface area contributed by atoms with Crippen LogP contribution in [0.2, 0.25) is 0 Å². The van der Waals surface area contributed by atoms with Gasteiger partial charge in [0.1, 0.15) is 5.75 Å². The van der Waals surface area contributed by atoms with Crippen LogP contribution in [0.5, 0.6) is 5.75 Å². The average Bonchev–Trinajstić information content (AvgIpc) is 2.46. The SMILES string of the molecule is O=C1COc2cc(F)c(-n3ccc(C(F)(F)F)cc3=O)cc2N1. The number of hydrogen-bond donors (Lipinski definition) is 1. The number of rotatable bonds is 1. The van der Waals surface area contributed by atoms with Crippen molar-refractivity contribution in [3.05, 3.63) is 52.2 Å². The fraction of sp³-hybridized carbons (Fsp3) is 0.143. The van der Waals surface area contributed by atoms with E-state index in [0.29, 0.717) is 16.7 Å². The molecule has 0 fully saturated rings. The van der Waals surface area contributed by atoms with Crippen molar-refractivity contribution in [3.63, 3.8) is 0 Å². The number of carbonyl (C=O) groups is 1. The number of anilines is 1. The highest BCUT2D eigenvalue weighted by molar-refractivity contribution is 5.95. The summed E-state index contributed by atoms with van der Waals surface area (Å²) in [7, 11) is 0. The lowest BCUT2D eigenvalue weighted by molar-refractivity contribution is -0.137. The lowest BCUT2D eigenvalue weighted by atomic mass is 10.2. The second kappa shape index (κ2) is 5.11. The Morgan fingerprint density at radius 2 is 1.91 bits per heavy atom. The van der Waals surface area contributed by atoms with Crippen LogP contribution in [0.1, 0.15) is 5.56 Å². The van der Waals surface area contributed by atoms with Gasteiger partial charge in [-0.25, -0.2) is 4.39 Å². The monoisotopic (exact) mass is 328 g/mol. The van der Waals surface area contributed by atoms with E-state index in [1.807, 2.05) is 0 Å². The zero-order chi connectivity index (χ0) is 16.8. The third-order valence-electron chi connectivity index (χ3n) is 3.19. The molecule has 0 saturated heterocycles. The van der Waals surface area contributed by atoms with Gasteiger partial charge < -0.3 is 10.1 Å². The predicted octanol–water partition coefficient (Wildman–Crippen LogP) is 2.33. The van der Waals surface area contributed by atoms with E-state index in [1.165, 1.54) is 0 Å². The van der Waals surface area contributed by atoms with Gasteiger partial charge in [0.05, 0.1) is 16.9 Å². The molecule has 2 heterocycles. The van der Waals surface area contributed by atoms with Gasteiger partial charge in [-0.3, -0.25) is 14.2 Å². The van der Waals surface area contributed by atoms with Crippen molar-refractivity contribution in [2.75, 3.05) is 11.9 Å². The summed E-state index contributed by atoms with van der Waals surface area (Å²) in [6, 6.07) is 3.11. The Labute approximate surface area is 126 Å². The molecule has 0 atom stereocenters. The van der Waals surface area contributed by atoms with Crippen LogP contribution in [-0.2, 0) is 11.0 Å². The molecule has 0 radical (unpaired) electrons. The molecule has 0 saturated carbocycles. The molecule has 0 aliphatic carbocycles. The van der Waals surface area contributed by atoms with Gasteiger partial charge >= 0.3 is 6.18 Å². The molecule has 5 nitrogen and oxygen atoms in total. The molecule has 23 heavy (non-hydrogen) atoms. The predicted molar refractivity (Wildman–Crippen MR) is 71.1 cm³/mol. The number of halogens is 4. The average molecular weight is 328 g/mol. The van der Waals surface area contributed by atoms with Gasteiger partial charge in [-0.1, -0.05) is 0 Å². The normalized spacial score (nSPS) is 14.0. The maximum atomic E-state index is 14.1. The summed E-state index contributed by atoms with van der Waals surface area (Å²) < 4.78 is 57.5. The molecule has 1 aromatic carbocycles. The van der Waals surface area contributed by atoms with Gasteiger partial charge in [-0.2, -0.15) is 13.2 Å². The maximum absolute atomic E-state index is 14.1. The standard InChI is InChI=1S/C14H8F4N2O3/c15-8-4-11-9(19-12(21)6-23-11)5-10(8)20-2-1-7(3-13(20)22)14(16,17)18/h1-5H,6H2,(H,19,21). The summed E-state index contributed by atoms with van der Waals surface area (Å²) in [4.78, 5) is 23.1. The first-order valence-electron chi connectivity index (χ1n) is 6.32. The molecular formula is C14H8F4N2O3. The summed E-state index contributed by atoms with van der Waals surface area (Å²) in [5.41, 5.74) is -2.35. The molecule has 0 spiro atoms. The minimum absolute atomic E-state index is 0.0748. The molecule has 1 aliphatic rings. The molecule has 120 valence electrons. The van der Waals surface area contributed by atoms with Crippen LogP contribution in [0, 0.1) is 5.82 Å². The van der Waals surface area contributed by atoms with Crippen LogP contribution < -0.4 is 15.6 Å². The number of aromatic nitrogens is 1. The Balaban J connectivity index is 2.11. The van der Waals surface area contributed by atoms with Crippen LogP contribution in [0.25, 0.3) is 5.69 Å². The number of pyridine rings is 1. The lowest BCUT2D eigenvalue weighted by Crippen LogP contribution is -2.26. The zero-order valence-corrected chi connectivity index (χ0v) is 11.3. The van der Waals surface area contributed by atoms with Crippen LogP contribution in [0.3, 0.4) is 0 Å². The van der Waals surface area contributed by atoms with E-state index in [9.17, 15) is 27.2 Å². The zero-order valence-electron chi connectivity index (χ0n) is 11.3. The summed E-state index contributed by atoms with van der Waals surface area (Å²) in [6.45, 7) is -0.272. The Kier molecular flexibility index (Phi) is 3.35. The minimum atomic E-state index is -4.67. The number of hydrogen-bond acceptors (Lipinski definition) is 3. The number of carbonyl (C=O) groups excluding carboxylic acids is 1. The van der Waals surface area contributed by atoms with Crippen LogP contribution >= 0.6 is 0 Å². The second-order valence-corrected chi connectivity index (χ2v) is 4.76. The number of benzene rings is 1. The van der Waals surface area contributed by atoms with E-state index in [2.05, 4.69) is 5.32 Å². The van der Waals surface area contributed by atoms with E-state index >= 15 is 0 Å². The first-order valence-corrected chi connectivity index (χ1v) is 6.32. The van der Waals surface area contributed by atoms with E-state index in [1.54, 1.807) is 0 Å².